The van der Waals surface area contributed by atoms with Crippen molar-refractivity contribution in [1.29, 1.82) is 0 Å². The molecule has 0 saturated heterocycles. The van der Waals surface area contributed by atoms with Gasteiger partial charge in [-0.05, 0) is 48.0 Å². The van der Waals surface area contributed by atoms with Crippen molar-refractivity contribution in [2.24, 2.45) is 0 Å². The maximum Gasteiger partial charge on any atom is 0.298 e. The second-order valence-corrected chi connectivity index (χ2v) is 7.43. The molecule has 162 valence electrons. The lowest BCUT2D eigenvalue weighted by Crippen LogP contribution is -2.24. The van der Waals surface area contributed by atoms with E-state index in [0.717, 1.165) is 16.1 Å². The first kappa shape index (κ1) is 21.4. The highest BCUT2D eigenvalue weighted by Crippen LogP contribution is 2.28. The average Bonchev–Trinajstić information content (AvgIpc) is 3.18. The molecular weight excluding hydrogens is 430 g/mol. The summed E-state index contributed by atoms with van der Waals surface area (Å²) in [5.41, 5.74) is 3.39. The number of nitrogens with zero attached hydrogens (tertiary/aromatic N) is 2. The first-order valence-corrected chi connectivity index (χ1v) is 10.6. The van der Waals surface area contributed by atoms with E-state index in [1.807, 2.05) is 48.5 Å². The Balaban J connectivity index is 1.61. The molecule has 1 atom stereocenters. The van der Waals surface area contributed by atoms with Gasteiger partial charge in [-0.1, -0.05) is 36.4 Å². The van der Waals surface area contributed by atoms with Gasteiger partial charge >= 0.3 is 0 Å². The summed E-state index contributed by atoms with van der Waals surface area (Å²) in [6, 6.07) is 23.0. The van der Waals surface area contributed by atoms with Gasteiger partial charge in [0.25, 0.3) is 11.7 Å². The van der Waals surface area contributed by atoms with E-state index in [-0.39, 0.29) is 5.69 Å². The molecule has 0 spiro atoms. The minimum absolute atomic E-state index is 0.270. The van der Waals surface area contributed by atoms with Crippen molar-refractivity contribution >= 4 is 39.9 Å². The predicted molar refractivity (Wildman–Crippen MR) is 121 cm³/mol. The van der Waals surface area contributed by atoms with Gasteiger partial charge in [-0.2, -0.15) is 4.28 Å². The fraction of sp³-hybridized carbons (Fsp3) is 0.0435. The van der Waals surface area contributed by atoms with Gasteiger partial charge in [-0.25, -0.2) is 9.27 Å². The standard InChI is InChI=1S/C23H19N3O5S/c1-25(31-32(29)30)18-12-10-17(11-13-18)24-23(28)22(27)21-20(16-7-3-2-4-8-16)15-19-9-5-6-14-26(19)21/h2-15H,1H3,(H,24,28)(H,29,30)/p-1. The zero-order valence-corrected chi connectivity index (χ0v) is 17.7. The Kier molecular flexibility index (Phi) is 6.13. The summed E-state index contributed by atoms with van der Waals surface area (Å²) in [7, 11) is 1.43. The van der Waals surface area contributed by atoms with Crippen LogP contribution in [-0.4, -0.2) is 31.9 Å². The second-order valence-electron chi connectivity index (χ2n) is 6.87. The number of carbonyl (C=O) groups is 2. The Hall–Kier alpha value is -3.79. The van der Waals surface area contributed by atoms with E-state index in [9.17, 15) is 18.4 Å². The molecule has 1 N–H and O–H groups in total. The number of pyridine rings is 1. The van der Waals surface area contributed by atoms with Crippen LogP contribution in [0.1, 0.15) is 10.5 Å². The summed E-state index contributed by atoms with van der Waals surface area (Å²) in [4.78, 5) is 26.0. The molecule has 0 saturated carbocycles. The monoisotopic (exact) mass is 448 g/mol. The molecule has 0 aliphatic carbocycles. The molecule has 0 aliphatic heterocycles. The summed E-state index contributed by atoms with van der Waals surface area (Å²) in [6.07, 6.45) is 1.74. The topological polar surface area (TPSA) is 103 Å². The van der Waals surface area contributed by atoms with Gasteiger partial charge < -0.3 is 14.3 Å². The van der Waals surface area contributed by atoms with Crippen molar-refractivity contribution in [3.05, 3.63) is 90.8 Å². The second kappa shape index (κ2) is 9.15. The highest BCUT2D eigenvalue weighted by molar-refractivity contribution is 7.74. The number of aromatic nitrogens is 1. The molecule has 2 aromatic heterocycles. The van der Waals surface area contributed by atoms with Gasteiger partial charge in [0.2, 0.25) is 0 Å². The number of hydrogen-bond acceptors (Lipinski definition) is 6. The lowest BCUT2D eigenvalue weighted by atomic mass is 10.0. The van der Waals surface area contributed by atoms with E-state index in [0.29, 0.717) is 16.9 Å². The Morgan fingerprint density at radius 1 is 1.00 bits per heavy atom. The smallest absolute Gasteiger partial charge is 0.298 e. The Morgan fingerprint density at radius 3 is 2.38 bits per heavy atom. The molecule has 2 heterocycles. The van der Waals surface area contributed by atoms with E-state index < -0.39 is 23.1 Å². The van der Waals surface area contributed by atoms with Gasteiger partial charge in [0, 0.05) is 30.0 Å². The van der Waals surface area contributed by atoms with Crippen LogP contribution in [0.5, 0.6) is 0 Å². The number of amides is 1. The van der Waals surface area contributed by atoms with Crippen LogP contribution in [0.3, 0.4) is 0 Å². The number of fused-ring (bicyclic) bond motifs is 1. The number of benzene rings is 2. The van der Waals surface area contributed by atoms with Gasteiger partial charge in [0.1, 0.15) is 17.1 Å². The normalized spacial score (nSPS) is 11.8. The fourth-order valence-corrected chi connectivity index (χ4v) is 3.65. The van der Waals surface area contributed by atoms with Gasteiger partial charge in [-0.15, -0.1) is 0 Å². The molecule has 4 rings (SSSR count). The SMILES string of the molecule is CN(OS(=O)[O-])c1ccc(NC(=O)C(=O)c2c(-c3ccccc3)cc3ccccn23)cc1. The summed E-state index contributed by atoms with van der Waals surface area (Å²) in [6.45, 7) is 0. The van der Waals surface area contributed by atoms with E-state index in [2.05, 4.69) is 9.60 Å². The Morgan fingerprint density at radius 2 is 1.69 bits per heavy atom. The van der Waals surface area contributed by atoms with Gasteiger partial charge in [0.15, 0.2) is 0 Å². The fourth-order valence-electron chi connectivity index (χ4n) is 3.38. The molecule has 2 aromatic carbocycles. The lowest BCUT2D eigenvalue weighted by molar-refractivity contribution is -0.112. The average molecular weight is 448 g/mol. The number of rotatable bonds is 7. The summed E-state index contributed by atoms with van der Waals surface area (Å²) in [5, 5.41) is 3.65. The first-order valence-electron chi connectivity index (χ1n) is 9.57. The van der Waals surface area contributed by atoms with Crippen molar-refractivity contribution in [1.82, 2.24) is 4.40 Å². The minimum atomic E-state index is -2.70. The number of anilines is 2. The van der Waals surface area contributed by atoms with Gasteiger partial charge in [-0.3, -0.25) is 9.59 Å². The van der Waals surface area contributed by atoms with E-state index >= 15 is 0 Å². The molecule has 9 heteroatoms. The van der Waals surface area contributed by atoms with Crippen LogP contribution in [0.25, 0.3) is 16.6 Å². The molecule has 32 heavy (non-hydrogen) atoms. The maximum atomic E-state index is 13.2. The Bertz CT molecular complexity index is 1300. The molecule has 0 radical (unpaired) electrons. The van der Waals surface area contributed by atoms with Crippen molar-refractivity contribution < 1.29 is 22.6 Å². The minimum Gasteiger partial charge on any atom is -0.748 e. The molecule has 0 fully saturated rings. The van der Waals surface area contributed by atoms with Crippen molar-refractivity contribution in [3.63, 3.8) is 0 Å². The highest BCUT2D eigenvalue weighted by Gasteiger charge is 2.24. The maximum absolute atomic E-state index is 13.2. The third kappa shape index (κ3) is 4.45. The van der Waals surface area contributed by atoms with E-state index in [1.165, 1.54) is 7.05 Å². The molecular formula is C23H18N3O5S-. The summed E-state index contributed by atoms with van der Waals surface area (Å²) >= 11 is -2.70. The highest BCUT2D eigenvalue weighted by atomic mass is 32.2. The zero-order chi connectivity index (χ0) is 22.7. The molecule has 8 nitrogen and oxygen atoms in total. The summed E-state index contributed by atoms with van der Waals surface area (Å²) < 4.78 is 27.5. The van der Waals surface area contributed by atoms with Crippen LogP contribution in [0.2, 0.25) is 0 Å². The number of nitrogens with one attached hydrogen (secondary N) is 1. The molecule has 1 unspecified atom stereocenters. The molecule has 0 aliphatic rings. The quantitative estimate of drug-likeness (QED) is 0.201. The third-order valence-corrected chi connectivity index (χ3v) is 5.19. The number of hydroxylamine groups is 1. The summed E-state index contributed by atoms with van der Waals surface area (Å²) in [5.74, 6) is -1.47. The van der Waals surface area contributed by atoms with Crippen LogP contribution in [0.4, 0.5) is 11.4 Å². The van der Waals surface area contributed by atoms with Crippen LogP contribution >= 0.6 is 0 Å². The number of hydrogen-bond donors (Lipinski definition) is 1. The van der Waals surface area contributed by atoms with Crippen LogP contribution in [-0.2, 0) is 20.4 Å². The Labute approximate surface area is 186 Å². The molecule has 0 bridgehead atoms. The van der Waals surface area contributed by atoms with Crippen molar-refractivity contribution in [2.75, 3.05) is 17.4 Å². The predicted octanol–water partition coefficient (Wildman–Crippen LogP) is 3.59. The number of ketones is 1. The first-order chi connectivity index (χ1) is 15.4. The van der Waals surface area contributed by atoms with Gasteiger partial charge in [0.05, 0.1) is 5.69 Å². The third-order valence-electron chi connectivity index (χ3n) is 4.85. The van der Waals surface area contributed by atoms with Crippen LogP contribution in [0, 0.1) is 0 Å². The molecule has 4 aromatic rings. The lowest BCUT2D eigenvalue weighted by Gasteiger charge is -2.19. The van der Waals surface area contributed by atoms with Crippen LogP contribution in [0.15, 0.2) is 85.1 Å². The van der Waals surface area contributed by atoms with Crippen molar-refractivity contribution in [3.8, 4) is 11.1 Å². The number of carbonyl (C=O) groups excluding carboxylic acids is 2. The zero-order valence-electron chi connectivity index (χ0n) is 16.9. The van der Waals surface area contributed by atoms with E-state index in [4.69, 9.17) is 0 Å². The molecule has 1 amide bonds. The number of Topliss-reactive ketones (excluding diaryl/α,β-unsaturated/α-hetero) is 1. The van der Waals surface area contributed by atoms with E-state index in [1.54, 1.807) is 40.9 Å². The largest absolute Gasteiger partial charge is 0.748 e. The van der Waals surface area contributed by atoms with Crippen LogP contribution < -0.4 is 10.4 Å². The van der Waals surface area contributed by atoms with Crippen molar-refractivity contribution in [2.45, 2.75) is 0 Å².